The SMILES string of the molecule is O=C(O)C1(COc2ccccc2Cl)CCC1. The van der Waals surface area contributed by atoms with Crippen LogP contribution in [0.2, 0.25) is 5.02 Å². The summed E-state index contributed by atoms with van der Waals surface area (Å²) in [6, 6.07) is 7.10. The van der Waals surface area contributed by atoms with E-state index in [9.17, 15) is 4.79 Å². The molecule has 1 aliphatic carbocycles. The fourth-order valence-electron chi connectivity index (χ4n) is 1.80. The van der Waals surface area contributed by atoms with Gasteiger partial charge in [0, 0.05) is 0 Å². The van der Waals surface area contributed by atoms with Gasteiger partial charge in [0.25, 0.3) is 0 Å². The maximum absolute atomic E-state index is 11.1. The molecule has 1 aromatic rings. The molecule has 4 heteroatoms. The summed E-state index contributed by atoms with van der Waals surface area (Å²) in [6.45, 7) is 0.200. The Balaban J connectivity index is 2.02. The van der Waals surface area contributed by atoms with Gasteiger partial charge >= 0.3 is 5.97 Å². The molecule has 0 spiro atoms. The number of hydrogen-bond donors (Lipinski definition) is 1. The lowest BCUT2D eigenvalue weighted by molar-refractivity contribution is -0.157. The lowest BCUT2D eigenvalue weighted by Gasteiger charge is -2.37. The van der Waals surface area contributed by atoms with E-state index in [1.165, 1.54) is 0 Å². The Morgan fingerprint density at radius 2 is 2.12 bits per heavy atom. The highest BCUT2D eigenvalue weighted by Gasteiger charge is 2.45. The minimum atomic E-state index is -0.772. The molecular weight excluding hydrogens is 228 g/mol. The van der Waals surface area contributed by atoms with E-state index in [1.54, 1.807) is 12.1 Å². The van der Waals surface area contributed by atoms with E-state index in [0.29, 0.717) is 23.6 Å². The number of halogens is 1. The Labute approximate surface area is 99.0 Å². The van der Waals surface area contributed by atoms with Crippen molar-refractivity contribution in [2.45, 2.75) is 19.3 Å². The van der Waals surface area contributed by atoms with E-state index in [4.69, 9.17) is 21.4 Å². The van der Waals surface area contributed by atoms with Crippen LogP contribution >= 0.6 is 11.6 Å². The molecule has 86 valence electrons. The predicted molar refractivity (Wildman–Crippen MR) is 60.9 cm³/mol. The fraction of sp³-hybridized carbons (Fsp3) is 0.417. The lowest BCUT2D eigenvalue weighted by atomic mass is 9.69. The first-order valence-electron chi connectivity index (χ1n) is 5.25. The van der Waals surface area contributed by atoms with Gasteiger partial charge in [-0.05, 0) is 25.0 Å². The van der Waals surface area contributed by atoms with E-state index >= 15 is 0 Å². The third-order valence-electron chi connectivity index (χ3n) is 3.10. The van der Waals surface area contributed by atoms with Gasteiger partial charge in [-0.1, -0.05) is 30.2 Å². The number of rotatable bonds is 4. The molecule has 0 bridgehead atoms. The second kappa shape index (κ2) is 4.34. The average Bonchev–Trinajstić information content (AvgIpc) is 2.18. The van der Waals surface area contributed by atoms with Gasteiger partial charge in [0.05, 0.1) is 5.02 Å². The Hall–Kier alpha value is -1.22. The van der Waals surface area contributed by atoms with Gasteiger partial charge in [-0.2, -0.15) is 0 Å². The molecule has 3 nitrogen and oxygen atoms in total. The zero-order valence-corrected chi connectivity index (χ0v) is 9.54. The van der Waals surface area contributed by atoms with Crippen LogP contribution in [0.5, 0.6) is 5.75 Å². The maximum Gasteiger partial charge on any atom is 0.313 e. The number of para-hydroxylation sites is 1. The Morgan fingerprint density at radius 1 is 1.44 bits per heavy atom. The molecule has 2 rings (SSSR count). The fourth-order valence-corrected chi connectivity index (χ4v) is 1.99. The lowest BCUT2D eigenvalue weighted by Crippen LogP contribution is -2.43. The normalized spacial score (nSPS) is 17.6. The van der Waals surface area contributed by atoms with E-state index in [2.05, 4.69) is 0 Å². The zero-order chi connectivity index (χ0) is 11.6. The Bertz CT molecular complexity index is 399. The average molecular weight is 241 g/mol. The van der Waals surface area contributed by atoms with Crippen molar-refractivity contribution in [3.8, 4) is 5.75 Å². The van der Waals surface area contributed by atoms with Gasteiger partial charge in [-0.25, -0.2) is 0 Å². The van der Waals surface area contributed by atoms with Gasteiger partial charge in [0.15, 0.2) is 0 Å². The summed E-state index contributed by atoms with van der Waals surface area (Å²) in [7, 11) is 0. The zero-order valence-electron chi connectivity index (χ0n) is 8.78. The minimum absolute atomic E-state index is 0.200. The summed E-state index contributed by atoms with van der Waals surface area (Å²) < 4.78 is 5.49. The van der Waals surface area contributed by atoms with Crippen molar-refractivity contribution >= 4 is 17.6 Å². The molecule has 0 amide bonds. The second-order valence-corrected chi connectivity index (χ2v) is 4.57. The van der Waals surface area contributed by atoms with Gasteiger partial charge in [0.2, 0.25) is 0 Å². The van der Waals surface area contributed by atoms with Crippen LogP contribution in [0.3, 0.4) is 0 Å². The number of benzene rings is 1. The quantitative estimate of drug-likeness (QED) is 0.880. The van der Waals surface area contributed by atoms with Crippen molar-refractivity contribution < 1.29 is 14.6 Å². The molecule has 0 aliphatic heterocycles. The predicted octanol–water partition coefficient (Wildman–Crippen LogP) is 2.97. The first-order valence-corrected chi connectivity index (χ1v) is 5.63. The molecule has 0 heterocycles. The van der Waals surface area contributed by atoms with Crippen molar-refractivity contribution in [3.63, 3.8) is 0 Å². The van der Waals surface area contributed by atoms with Crippen molar-refractivity contribution in [2.75, 3.05) is 6.61 Å². The largest absolute Gasteiger partial charge is 0.491 e. The maximum atomic E-state index is 11.1. The van der Waals surface area contributed by atoms with Gasteiger partial charge < -0.3 is 9.84 Å². The summed E-state index contributed by atoms with van der Waals surface area (Å²) in [4.78, 5) is 11.1. The number of carboxylic acids is 1. The molecule has 1 aromatic carbocycles. The molecule has 1 N–H and O–H groups in total. The standard InChI is InChI=1S/C12H13ClO3/c13-9-4-1-2-5-10(9)16-8-12(11(14)15)6-3-7-12/h1-2,4-5H,3,6-8H2,(H,14,15). The van der Waals surface area contributed by atoms with Crippen molar-refractivity contribution in [1.29, 1.82) is 0 Å². The van der Waals surface area contributed by atoms with E-state index < -0.39 is 11.4 Å². The van der Waals surface area contributed by atoms with Gasteiger partial charge in [-0.3, -0.25) is 4.79 Å². The molecule has 0 aromatic heterocycles. The van der Waals surface area contributed by atoms with E-state index in [-0.39, 0.29) is 6.61 Å². The summed E-state index contributed by atoms with van der Waals surface area (Å²) in [5.74, 6) is -0.220. The molecule has 0 radical (unpaired) electrons. The van der Waals surface area contributed by atoms with Crippen molar-refractivity contribution in [2.24, 2.45) is 5.41 Å². The molecule has 1 fully saturated rings. The number of hydrogen-bond acceptors (Lipinski definition) is 2. The smallest absolute Gasteiger partial charge is 0.313 e. The van der Waals surface area contributed by atoms with E-state index in [0.717, 1.165) is 6.42 Å². The Morgan fingerprint density at radius 3 is 2.62 bits per heavy atom. The third-order valence-corrected chi connectivity index (χ3v) is 3.42. The first-order chi connectivity index (χ1) is 7.64. The number of carbonyl (C=O) groups is 1. The van der Waals surface area contributed by atoms with Crippen molar-refractivity contribution in [3.05, 3.63) is 29.3 Å². The van der Waals surface area contributed by atoms with Crippen LogP contribution in [-0.4, -0.2) is 17.7 Å². The minimum Gasteiger partial charge on any atom is -0.491 e. The van der Waals surface area contributed by atoms with Crippen molar-refractivity contribution in [1.82, 2.24) is 0 Å². The van der Waals surface area contributed by atoms with Crippen LogP contribution in [0.15, 0.2) is 24.3 Å². The highest BCUT2D eigenvalue weighted by atomic mass is 35.5. The molecule has 0 saturated heterocycles. The second-order valence-electron chi connectivity index (χ2n) is 4.16. The van der Waals surface area contributed by atoms with Gasteiger partial charge in [0.1, 0.15) is 17.8 Å². The molecule has 1 saturated carbocycles. The van der Waals surface area contributed by atoms with Gasteiger partial charge in [-0.15, -0.1) is 0 Å². The highest BCUT2D eigenvalue weighted by Crippen LogP contribution is 2.41. The number of carboxylic acid groups (broad SMARTS) is 1. The van der Waals surface area contributed by atoms with Crippen LogP contribution in [0.4, 0.5) is 0 Å². The monoisotopic (exact) mass is 240 g/mol. The number of ether oxygens (including phenoxy) is 1. The van der Waals surface area contributed by atoms with Crippen LogP contribution in [0.25, 0.3) is 0 Å². The van der Waals surface area contributed by atoms with Crippen LogP contribution in [-0.2, 0) is 4.79 Å². The topological polar surface area (TPSA) is 46.5 Å². The summed E-state index contributed by atoms with van der Waals surface area (Å²) in [6.07, 6.45) is 2.33. The van der Waals surface area contributed by atoms with Crippen LogP contribution < -0.4 is 4.74 Å². The first kappa shape index (κ1) is 11.3. The molecule has 0 unspecified atom stereocenters. The molecule has 1 aliphatic rings. The van der Waals surface area contributed by atoms with E-state index in [1.807, 2.05) is 12.1 Å². The number of aliphatic carboxylic acids is 1. The molecule has 16 heavy (non-hydrogen) atoms. The van der Waals surface area contributed by atoms with Crippen LogP contribution in [0, 0.1) is 5.41 Å². The Kier molecular flexibility index (Phi) is 3.06. The van der Waals surface area contributed by atoms with Crippen LogP contribution in [0.1, 0.15) is 19.3 Å². The summed E-state index contributed by atoms with van der Waals surface area (Å²) >= 11 is 5.92. The molecule has 0 atom stereocenters. The molecular formula is C12H13ClO3. The highest BCUT2D eigenvalue weighted by molar-refractivity contribution is 6.32. The summed E-state index contributed by atoms with van der Waals surface area (Å²) in [5, 5.41) is 9.63. The summed E-state index contributed by atoms with van der Waals surface area (Å²) in [5.41, 5.74) is -0.695. The third kappa shape index (κ3) is 2.00.